The van der Waals surface area contributed by atoms with Crippen LogP contribution in [0.2, 0.25) is 5.02 Å². The van der Waals surface area contributed by atoms with E-state index < -0.39 is 0 Å². The van der Waals surface area contributed by atoms with Crippen LogP contribution in [0.3, 0.4) is 0 Å². The van der Waals surface area contributed by atoms with Gasteiger partial charge in [0.25, 0.3) is 0 Å². The second-order valence-electron chi connectivity index (χ2n) is 6.19. The van der Waals surface area contributed by atoms with Gasteiger partial charge in [-0.15, -0.1) is 0 Å². The third kappa shape index (κ3) is 3.23. The largest absolute Gasteiger partial charge is 0.371 e. The molecule has 21 heavy (non-hydrogen) atoms. The first kappa shape index (κ1) is 14.8. The number of nitrogens with zero attached hydrogens (tertiary/aromatic N) is 2. The predicted octanol–water partition coefficient (Wildman–Crippen LogP) is 2.02. The van der Waals surface area contributed by atoms with Crippen LogP contribution in [0.15, 0.2) is 24.3 Å². The Kier molecular flexibility index (Phi) is 4.20. The molecule has 1 amide bonds. The first-order valence-electron chi connectivity index (χ1n) is 7.36. The molecule has 5 heteroatoms. The maximum atomic E-state index is 12.2. The molecule has 0 unspecified atom stereocenters. The molecule has 2 aliphatic heterocycles. The molecule has 0 radical (unpaired) electrons. The van der Waals surface area contributed by atoms with E-state index >= 15 is 0 Å². The Bertz CT molecular complexity index is 518. The normalized spacial score (nSPS) is 28.6. The number of rotatable bonds is 3. The predicted molar refractivity (Wildman–Crippen MR) is 82.2 cm³/mol. The van der Waals surface area contributed by atoms with Crippen LogP contribution in [0.4, 0.5) is 0 Å². The van der Waals surface area contributed by atoms with Crippen molar-refractivity contribution in [2.75, 3.05) is 27.2 Å². The molecular formula is C16H21ClN2O2. The van der Waals surface area contributed by atoms with E-state index in [1.54, 1.807) is 4.90 Å². The molecular weight excluding hydrogens is 288 g/mol. The van der Waals surface area contributed by atoms with Crippen molar-refractivity contribution < 1.29 is 9.53 Å². The Morgan fingerprint density at radius 1 is 1.33 bits per heavy atom. The second kappa shape index (κ2) is 5.95. The molecule has 2 bridgehead atoms. The zero-order valence-corrected chi connectivity index (χ0v) is 13.2. The lowest BCUT2D eigenvalue weighted by Gasteiger charge is -2.33. The Morgan fingerprint density at radius 3 is 2.71 bits per heavy atom. The minimum atomic E-state index is 0.0141. The third-order valence-corrected chi connectivity index (χ3v) is 4.56. The molecule has 0 aliphatic carbocycles. The lowest BCUT2D eigenvalue weighted by molar-refractivity contribution is -0.136. The van der Waals surface area contributed by atoms with Crippen molar-refractivity contribution in [3.63, 3.8) is 0 Å². The fourth-order valence-corrected chi connectivity index (χ4v) is 3.43. The van der Waals surface area contributed by atoms with Crippen LogP contribution in [0.1, 0.15) is 12.0 Å². The summed E-state index contributed by atoms with van der Waals surface area (Å²) >= 11 is 5.92. The molecule has 0 spiro atoms. The number of halogens is 1. The van der Waals surface area contributed by atoms with Crippen molar-refractivity contribution in [3.8, 4) is 0 Å². The highest BCUT2D eigenvalue weighted by Gasteiger charge is 2.44. The number of hydrogen-bond acceptors (Lipinski definition) is 3. The molecule has 3 rings (SSSR count). The average Bonchev–Trinajstić information content (AvgIpc) is 2.75. The SMILES string of the molecule is CN(C)C(=O)[C@@H]1C[C@H]2CN(Cc3ccc(Cl)cc3)C[C@@H]1O2. The highest BCUT2D eigenvalue weighted by atomic mass is 35.5. The van der Waals surface area contributed by atoms with Gasteiger partial charge in [0.05, 0.1) is 18.1 Å². The van der Waals surface area contributed by atoms with Gasteiger partial charge in [-0.3, -0.25) is 9.69 Å². The Hall–Kier alpha value is -1.10. The Labute approximate surface area is 130 Å². The zero-order chi connectivity index (χ0) is 15.0. The summed E-state index contributed by atoms with van der Waals surface area (Å²) in [6, 6.07) is 7.96. The van der Waals surface area contributed by atoms with Crippen LogP contribution < -0.4 is 0 Å². The van der Waals surface area contributed by atoms with E-state index in [0.717, 1.165) is 31.1 Å². The van der Waals surface area contributed by atoms with Crippen LogP contribution in [0, 0.1) is 5.92 Å². The molecule has 4 nitrogen and oxygen atoms in total. The molecule has 2 heterocycles. The average molecular weight is 309 g/mol. The molecule has 0 aromatic heterocycles. The molecule has 2 fully saturated rings. The highest BCUT2D eigenvalue weighted by Crippen LogP contribution is 2.33. The summed E-state index contributed by atoms with van der Waals surface area (Å²) < 4.78 is 5.96. The number of hydrogen-bond donors (Lipinski definition) is 0. The summed E-state index contributed by atoms with van der Waals surface area (Å²) in [5, 5.41) is 0.762. The first-order chi connectivity index (χ1) is 10.0. The maximum Gasteiger partial charge on any atom is 0.227 e. The van der Waals surface area contributed by atoms with Crippen molar-refractivity contribution in [2.45, 2.75) is 25.2 Å². The van der Waals surface area contributed by atoms with Crippen molar-refractivity contribution >= 4 is 17.5 Å². The van der Waals surface area contributed by atoms with Gasteiger partial charge in [-0.1, -0.05) is 23.7 Å². The van der Waals surface area contributed by atoms with E-state index in [9.17, 15) is 4.79 Å². The summed E-state index contributed by atoms with van der Waals surface area (Å²) in [6.07, 6.45) is 1.06. The fourth-order valence-electron chi connectivity index (χ4n) is 3.31. The standard InChI is InChI=1S/C16H21ClN2O2/c1-18(2)16(20)14-7-13-9-19(10-15(14)21-13)8-11-3-5-12(17)6-4-11/h3-6,13-15H,7-10H2,1-2H3/t13-,14+,15-/m0/s1. The molecule has 1 aromatic carbocycles. The molecule has 0 N–H and O–H groups in total. The number of amides is 1. The topological polar surface area (TPSA) is 32.8 Å². The van der Waals surface area contributed by atoms with Gasteiger partial charge in [0.15, 0.2) is 0 Å². The molecule has 1 aromatic rings. The van der Waals surface area contributed by atoms with Gasteiger partial charge < -0.3 is 9.64 Å². The zero-order valence-electron chi connectivity index (χ0n) is 12.5. The van der Waals surface area contributed by atoms with E-state index in [4.69, 9.17) is 16.3 Å². The Morgan fingerprint density at radius 2 is 2.05 bits per heavy atom. The van der Waals surface area contributed by atoms with Crippen LogP contribution in [-0.4, -0.2) is 55.1 Å². The van der Waals surface area contributed by atoms with Gasteiger partial charge >= 0.3 is 0 Å². The summed E-state index contributed by atoms with van der Waals surface area (Å²) in [7, 11) is 3.63. The first-order valence-corrected chi connectivity index (χ1v) is 7.74. The molecule has 2 saturated heterocycles. The number of morpholine rings is 1. The van der Waals surface area contributed by atoms with Crippen LogP contribution in [0.5, 0.6) is 0 Å². The van der Waals surface area contributed by atoms with E-state index in [-0.39, 0.29) is 24.0 Å². The van der Waals surface area contributed by atoms with Gasteiger partial charge in [-0.2, -0.15) is 0 Å². The number of carbonyl (C=O) groups excluding carboxylic acids is 1. The lowest BCUT2D eigenvalue weighted by Crippen LogP contribution is -2.44. The summed E-state index contributed by atoms with van der Waals surface area (Å²) in [6.45, 7) is 2.61. The molecule has 0 saturated carbocycles. The summed E-state index contributed by atoms with van der Waals surface area (Å²) in [5.74, 6) is 0.205. The van der Waals surface area contributed by atoms with Gasteiger partial charge in [-0.25, -0.2) is 0 Å². The Balaban J connectivity index is 1.64. The third-order valence-electron chi connectivity index (χ3n) is 4.31. The van der Waals surface area contributed by atoms with Crippen molar-refractivity contribution in [1.29, 1.82) is 0 Å². The fraction of sp³-hybridized carbons (Fsp3) is 0.562. The van der Waals surface area contributed by atoms with Crippen molar-refractivity contribution in [3.05, 3.63) is 34.9 Å². The second-order valence-corrected chi connectivity index (χ2v) is 6.63. The maximum absolute atomic E-state index is 12.2. The van der Waals surface area contributed by atoms with Crippen LogP contribution in [0.25, 0.3) is 0 Å². The lowest BCUT2D eigenvalue weighted by atomic mass is 9.99. The van der Waals surface area contributed by atoms with E-state index in [1.807, 2.05) is 26.2 Å². The smallest absolute Gasteiger partial charge is 0.227 e. The number of likely N-dealkylation sites (tertiary alicyclic amines) is 1. The number of ether oxygens (including phenoxy) is 1. The quantitative estimate of drug-likeness (QED) is 0.856. The molecule has 2 aliphatic rings. The molecule has 114 valence electrons. The van der Waals surface area contributed by atoms with E-state index in [1.165, 1.54) is 5.56 Å². The van der Waals surface area contributed by atoms with E-state index in [0.29, 0.717) is 0 Å². The highest BCUT2D eigenvalue weighted by molar-refractivity contribution is 6.30. The van der Waals surface area contributed by atoms with Gasteiger partial charge in [0.1, 0.15) is 0 Å². The molecule has 3 atom stereocenters. The van der Waals surface area contributed by atoms with E-state index in [2.05, 4.69) is 17.0 Å². The van der Waals surface area contributed by atoms with Gasteiger partial charge in [0, 0.05) is 38.8 Å². The number of benzene rings is 1. The van der Waals surface area contributed by atoms with Crippen molar-refractivity contribution in [2.24, 2.45) is 5.92 Å². The summed E-state index contributed by atoms with van der Waals surface area (Å²) in [5.41, 5.74) is 1.25. The van der Waals surface area contributed by atoms with Crippen LogP contribution in [-0.2, 0) is 16.1 Å². The number of carbonyl (C=O) groups is 1. The van der Waals surface area contributed by atoms with Gasteiger partial charge in [-0.05, 0) is 24.1 Å². The van der Waals surface area contributed by atoms with Gasteiger partial charge in [0.2, 0.25) is 5.91 Å². The summed E-state index contributed by atoms with van der Waals surface area (Å²) in [4.78, 5) is 16.3. The van der Waals surface area contributed by atoms with Crippen LogP contribution >= 0.6 is 11.6 Å². The monoisotopic (exact) mass is 308 g/mol. The minimum Gasteiger partial charge on any atom is -0.371 e. The van der Waals surface area contributed by atoms with Crippen molar-refractivity contribution in [1.82, 2.24) is 9.80 Å². The number of fused-ring (bicyclic) bond motifs is 2. The minimum absolute atomic E-state index is 0.0141.